The second-order valence-corrected chi connectivity index (χ2v) is 8.34. The van der Waals surface area contributed by atoms with Crippen LogP contribution in [0.2, 0.25) is 0 Å². The number of ether oxygens (including phenoxy) is 4. The number of anilines is 1. The van der Waals surface area contributed by atoms with Crippen molar-refractivity contribution in [3.8, 4) is 17.2 Å². The summed E-state index contributed by atoms with van der Waals surface area (Å²) in [6.45, 7) is 1.18. The molecule has 0 saturated carbocycles. The first-order valence-corrected chi connectivity index (χ1v) is 11.2. The molecule has 1 saturated heterocycles. The van der Waals surface area contributed by atoms with Crippen molar-refractivity contribution < 1.29 is 23.7 Å². The van der Waals surface area contributed by atoms with Crippen LogP contribution in [0.4, 0.5) is 5.13 Å². The molecule has 0 N–H and O–H groups in total. The van der Waals surface area contributed by atoms with Crippen LogP contribution in [-0.4, -0.2) is 51.5 Å². The Morgan fingerprint density at radius 1 is 1.16 bits per heavy atom. The van der Waals surface area contributed by atoms with E-state index in [1.165, 1.54) is 11.3 Å². The Hall–Kier alpha value is -3.10. The molecule has 0 bridgehead atoms. The number of carbonyl (C=O) groups is 1. The van der Waals surface area contributed by atoms with Crippen molar-refractivity contribution in [3.05, 3.63) is 48.0 Å². The van der Waals surface area contributed by atoms with E-state index in [1.54, 1.807) is 38.4 Å². The predicted octanol–water partition coefficient (Wildman–Crippen LogP) is 4.55. The zero-order valence-electron chi connectivity index (χ0n) is 18.4. The second-order valence-electron chi connectivity index (χ2n) is 7.34. The largest absolute Gasteiger partial charge is 0.494 e. The topological polar surface area (TPSA) is 70.1 Å². The fourth-order valence-corrected chi connectivity index (χ4v) is 4.66. The highest BCUT2D eigenvalue weighted by atomic mass is 32.1. The van der Waals surface area contributed by atoms with Gasteiger partial charge in [-0.1, -0.05) is 23.5 Å². The Labute approximate surface area is 191 Å². The Bertz CT molecular complexity index is 1120. The van der Waals surface area contributed by atoms with Crippen LogP contribution in [0, 0.1) is 0 Å². The number of methoxy groups -OCH3 is 3. The summed E-state index contributed by atoms with van der Waals surface area (Å²) in [6.07, 6.45) is 5.25. The standard InChI is InChI=1S/C24H26N2O5S/c1-28-18-11-9-16(14-20(18)30-3)10-12-22(27)26(15-17-6-5-13-31-17)24-25-23-19(29-2)7-4-8-21(23)32-24/h4,7-12,14,17H,5-6,13,15H2,1-3H3/b12-10+. The molecule has 1 aromatic heterocycles. The molecule has 7 nitrogen and oxygen atoms in total. The molecule has 0 radical (unpaired) electrons. The van der Waals surface area contributed by atoms with Gasteiger partial charge in [0.25, 0.3) is 5.91 Å². The number of hydrogen-bond acceptors (Lipinski definition) is 7. The molecule has 32 heavy (non-hydrogen) atoms. The number of benzene rings is 2. The third-order valence-corrected chi connectivity index (χ3v) is 6.37. The van der Waals surface area contributed by atoms with Gasteiger partial charge in [-0.25, -0.2) is 4.98 Å². The van der Waals surface area contributed by atoms with Crippen molar-refractivity contribution in [1.82, 2.24) is 4.98 Å². The van der Waals surface area contributed by atoms with Gasteiger partial charge < -0.3 is 18.9 Å². The first kappa shape index (κ1) is 22.1. The van der Waals surface area contributed by atoms with Crippen LogP contribution in [0.1, 0.15) is 18.4 Å². The average molecular weight is 455 g/mol. The van der Waals surface area contributed by atoms with Crippen molar-refractivity contribution in [2.75, 3.05) is 39.4 Å². The molecule has 0 spiro atoms. The molecular formula is C24H26N2O5S. The lowest BCUT2D eigenvalue weighted by molar-refractivity contribution is -0.114. The Balaban J connectivity index is 1.63. The van der Waals surface area contributed by atoms with E-state index >= 15 is 0 Å². The van der Waals surface area contributed by atoms with E-state index in [1.807, 2.05) is 36.4 Å². The smallest absolute Gasteiger partial charge is 0.252 e. The minimum Gasteiger partial charge on any atom is -0.494 e. The van der Waals surface area contributed by atoms with Crippen molar-refractivity contribution in [3.63, 3.8) is 0 Å². The number of fused-ring (bicyclic) bond motifs is 1. The van der Waals surface area contributed by atoms with Crippen molar-refractivity contribution in [1.29, 1.82) is 0 Å². The van der Waals surface area contributed by atoms with Crippen LogP contribution in [0.5, 0.6) is 17.2 Å². The fraction of sp³-hybridized carbons (Fsp3) is 0.333. The number of hydrogen-bond donors (Lipinski definition) is 0. The molecule has 4 rings (SSSR count). The summed E-state index contributed by atoms with van der Waals surface area (Å²) in [5.74, 6) is 1.78. The maximum absolute atomic E-state index is 13.3. The summed E-state index contributed by atoms with van der Waals surface area (Å²) in [5.41, 5.74) is 1.59. The quantitative estimate of drug-likeness (QED) is 0.465. The molecule has 2 aromatic carbocycles. The predicted molar refractivity (Wildman–Crippen MR) is 126 cm³/mol. The lowest BCUT2D eigenvalue weighted by Gasteiger charge is -2.21. The SMILES string of the molecule is COc1ccc(/C=C/C(=O)N(CC2CCCO2)c2nc3c(OC)cccc3s2)cc1OC. The van der Waals surface area contributed by atoms with Gasteiger partial charge in [-0.2, -0.15) is 0 Å². The van der Waals surface area contributed by atoms with Crippen LogP contribution in [0.15, 0.2) is 42.5 Å². The summed E-state index contributed by atoms with van der Waals surface area (Å²) in [7, 11) is 4.79. The van der Waals surface area contributed by atoms with Crippen LogP contribution < -0.4 is 19.1 Å². The van der Waals surface area contributed by atoms with E-state index in [2.05, 4.69) is 0 Å². The van der Waals surface area contributed by atoms with Gasteiger partial charge in [0.05, 0.1) is 38.7 Å². The number of thiazole rings is 1. The normalized spacial score (nSPS) is 15.9. The van der Waals surface area contributed by atoms with E-state index in [0.29, 0.717) is 28.9 Å². The molecule has 1 atom stereocenters. The third kappa shape index (κ3) is 4.71. The average Bonchev–Trinajstić information content (AvgIpc) is 3.50. The molecule has 1 fully saturated rings. The minimum atomic E-state index is -0.159. The lowest BCUT2D eigenvalue weighted by atomic mass is 10.2. The van der Waals surface area contributed by atoms with Crippen LogP contribution >= 0.6 is 11.3 Å². The van der Waals surface area contributed by atoms with Crippen LogP contribution in [-0.2, 0) is 9.53 Å². The molecule has 8 heteroatoms. The Kier molecular flexibility index (Phi) is 6.92. The van der Waals surface area contributed by atoms with E-state index in [4.69, 9.17) is 23.9 Å². The molecule has 168 valence electrons. The van der Waals surface area contributed by atoms with E-state index in [9.17, 15) is 4.79 Å². The number of carbonyl (C=O) groups excluding carboxylic acids is 1. The summed E-state index contributed by atoms with van der Waals surface area (Å²) in [6, 6.07) is 11.3. The number of para-hydroxylation sites is 1. The zero-order valence-corrected chi connectivity index (χ0v) is 19.2. The Morgan fingerprint density at radius 2 is 1.97 bits per heavy atom. The maximum Gasteiger partial charge on any atom is 0.252 e. The number of nitrogens with zero attached hydrogens (tertiary/aromatic N) is 2. The lowest BCUT2D eigenvalue weighted by Crippen LogP contribution is -2.36. The summed E-state index contributed by atoms with van der Waals surface area (Å²) >= 11 is 1.47. The van der Waals surface area contributed by atoms with Gasteiger partial charge in [-0.05, 0) is 48.7 Å². The van der Waals surface area contributed by atoms with E-state index < -0.39 is 0 Å². The maximum atomic E-state index is 13.3. The van der Waals surface area contributed by atoms with Crippen LogP contribution in [0.3, 0.4) is 0 Å². The van der Waals surface area contributed by atoms with Gasteiger partial charge in [0.15, 0.2) is 16.6 Å². The molecule has 1 unspecified atom stereocenters. The molecule has 1 aliphatic heterocycles. The van der Waals surface area contributed by atoms with Crippen molar-refractivity contribution in [2.45, 2.75) is 18.9 Å². The summed E-state index contributed by atoms with van der Waals surface area (Å²) < 4.78 is 22.8. The van der Waals surface area contributed by atoms with Gasteiger partial charge in [-0.15, -0.1) is 0 Å². The molecule has 2 heterocycles. The number of aromatic nitrogens is 1. The minimum absolute atomic E-state index is 0.00217. The second kappa shape index (κ2) is 10.0. The molecule has 0 aliphatic carbocycles. The molecule has 1 aliphatic rings. The fourth-order valence-electron chi connectivity index (χ4n) is 3.66. The van der Waals surface area contributed by atoms with E-state index in [-0.39, 0.29) is 12.0 Å². The highest BCUT2D eigenvalue weighted by molar-refractivity contribution is 7.22. The van der Waals surface area contributed by atoms with Gasteiger partial charge in [0.1, 0.15) is 11.3 Å². The van der Waals surface area contributed by atoms with Gasteiger partial charge >= 0.3 is 0 Å². The highest BCUT2D eigenvalue weighted by Crippen LogP contribution is 2.35. The van der Waals surface area contributed by atoms with Crippen molar-refractivity contribution in [2.24, 2.45) is 0 Å². The Morgan fingerprint density at radius 3 is 2.69 bits per heavy atom. The number of amides is 1. The van der Waals surface area contributed by atoms with Crippen LogP contribution in [0.25, 0.3) is 16.3 Å². The van der Waals surface area contributed by atoms with Gasteiger partial charge in [0, 0.05) is 12.7 Å². The monoisotopic (exact) mass is 454 g/mol. The first-order valence-electron chi connectivity index (χ1n) is 10.4. The van der Waals surface area contributed by atoms with Gasteiger partial charge in [0.2, 0.25) is 0 Å². The van der Waals surface area contributed by atoms with E-state index in [0.717, 1.165) is 35.2 Å². The third-order valence-electron chi connectivity index (χ3n) is 5.32. The van der Waals surface area contributed by atoms with Crippen molar-refractivity contribution >= 4 is 38.7 Å². The number of rotatable bonds is 8. The highest BCUT2D eigenvalue weighted by Gasteiger charge is 2.25. The zero-order chi connectivity index (χ0) is 22.5. The molecular weight excluding hydrogens is 428 g/mol. The summed E-state index contributed by atoms with van der Waals surface area (Å²) in [5, 5.41) is 0.627. The summed E-state index contributed by atoms with van der Waals surface area (Å²) in [4.78, 5) is 19.7. The molecule has 3 aromatic rings. The van der Waals surface area contributed by atoms with Gasteiger partial charge in [-0.3, -0.25) is 9.69 Å². The first-order chi connectivity index (χ1) is 15.6. The molecule has 1 amide bonds.